The quantitative estimate of drug-likeness (QED) is 0.802. The van der Waals surface area contributed by atoms with E-state index >= 15 is 0 Å². The van der Waals surface area contributed by atoms with Gasteiger partial charge in [-0.05, 0) is 32.4 Å². The SMILES string of the molecule is CCCC(=O)N1CCN(c2ccc(N(CC)CC)nn2)CC1. The lowest BCUT2D eigenvalue weighted by molar-refractivity contribution is -0.131. The van der Waals surface area contributed by atoms with Crippen LogP contribution in [0.5, 0.6) is 0 Å². The van der Waals surface area contributed by atoms with Gasteiger partial charge in [-0.25, -0.2) is 0 Å². The van der Waals surface area contributed by atoms with Gasteiger partial charge >= 0.3 is 0 Å². The Morgan fingerprint density at radius 2 is 1.77 bits per heavy atom. The van der Waals surface area contributed by atoms with E-state index in [1.54, 1.807) is 0 Å². The third-order valence-corrected chi connectivity index (χ3v) is 4.14. The van der Waals surface area contributed by atoms with E-state index in [0.29, 0.717) is 6.42 Å². The van der Waals surface area contributed by atoms with E-state index in [-0.39, 0.29) is 5.91 Å². The van der Waals surface area contributed by atoms with E-state index in [2.05, 4.69) is 33.8 Å². The molecular formula is C16H27N5O. The van der Waals surface area contributed by atoms with Gasteiger partial charge in [-0.2, -0.15) is 0 Å². The fourth-order valence-corrected chi connectivity index (χ4v) is 2.76. The highest BCUT2D eigenvalue weighted by Gasteiger charge is 2.21. The molecule has 122 valence electrons. The minimum absolute atomic E-state index is 0.269. The van der Waals surface area contributed by atoms with Crippen molar-refractivity contribution in [1.82, 2.24) is 15.1 Å². The highest BCUT2D eigenvalue weighted by Crippen LogP contribution is 2.16. The molecule has 1 amide bonds. The third kappa shape index (κ3) is 3.87. The topological polar surface area (TPSA) is 52.6 Å². The number of carbonyl (C=O) groups is 1. The van der Waals surface area contributed by atoms with Crippen LogP contribution in [0.15, 0.2) is 12.1 Å². The zero-order chi connectivity index (χ0) is 15.9. The average Bonchev–Trinajstić information content (AvgIpc) is 2.57. The molecule has 1 fully saturated rings. The summed E-state index contributed by atoms with van der Waals surface area (Å²) in [6.45, 7) is 11.4. The van der Waals surface area contributed by atoms with Crippen LogP contribution in [0, 0.1) is 0 Å². The van der Waals surface area contributed by atoms with Gasteiger partial charge in [0, 0.05) is 45.7 Å². The van der Waals surface area contributed by atoms with Gasteiger partial charge in [0.25, 0.3) is 0 Å². The maximum Gasteiger partial charge on any atom is 0.222 e. The van der Waals surface area contributed by atoms with Gasteiger partial charge in [0.05, 0.1) is 0 Å². The highest BCUT2D eigenvalue weighted by atomic mass is 16.2. The molecule has 0 bridgehead atoms. The molecule has 0 aliphatic carbocycles. The van der Waals surface area contributed by atoms with Crippen LogP contribution < -0.4 is 9.80 Å². The minimum Gasteiger partial charge on any atom is -0.356 e. The first-order valence-electron chi connectivity index (χ1n) is 8.31. The molecule has 1 aromatic heterocycles. The summed E-state index contributed by atoms with van der Waals surface area (Å²) in [5.41, 5.74) is 0. The van der Waals surface area contributed by atoms with E-state index in [1.807, 2.05) is 24.0 Å². The monoisotopic (exact) mass is 305 g/mol. The molecule has 1 aliphatic heterocycles. The van der Waals surface area contributed by atoms with E-state index in [9.17, 15) is 4.79 Å². The van der Waals surface area contributed by atoms with Gasteiger partial charge in [0.2, 0.25) is 5.91 Å². The molecule has 0 spiro atoms. The summed E-state index contributed by atoms with van der Waals surface area (Å²) in [5, 5.41) is 8.69. The number of anilines is 2. The van der Waals surface area contributed by atoms with Crippen molar-refractivity contribution in [2.75, 3.05) is 49.1 Å². The lowest BCUT2D eigenvalue weighted by Gasteiger charge is -2.35. The molecule has 0 saturated carbocycles. The Balaban J connectivity index is 1.93. The second kappa shape index (κ2) is 7.96. The summed E-state index contributed by atoms with van der Waals surface area (Å²) in [4.78, 5) is 18.2. The van der Waals surface area contributed by atoms with Crippen LogP contribution in [0.1, 0.15) is 33.6 Å². The molecule has 22 heavy (non-hydrogen) atoms. The van der Waals surface area contributed by atoms with E-state index in [1.165, 1.54) is 0 Å². The van der Waals surface area contributed by atoms with Crippen LogP contribution in [0.4, 0.5) is 11.6 Å². The summed E-state index contributed by atoms with van der Waals surface area (Å²) < 4.78 is 0. The number of carbonyl (C=O) groups excluding carboxylic acids is 1. The fraction of sp³-hybridized carbons (Fsp3) is 0.688. The molecular weight excluding hydrogens is 278 g/mol. The zero-order valence-electron chi connectivity index (χ0n) is 14.0. The van der Waals surface area contributed by atoms with Crippen molar-refractivity contribution in [2.24, 2.45) is 0 Å². The number of amides is 1. The highest BCUT2D eigenvalue weighted by molar-refractivity contribution is 5.76. The van der Waals surface area contributed by atoms with Crippen molar-refractivity contribution in [3.8, 4) is 0 Å². The number of aromatic nitrogens is 2. The molecule has 6 nitrogen and oxygen atoms in total. The number of hydrogen-bond acceptors (Lipinski definition) is 5. The maximum atomic E-state index is 11.9. The van der Waals surface area contributed by atoms with Crippen LogP contribution in [-0.4, -0.2) is 60.3 Å². The molecule has 0 atom stereocenters. The third-order valence-electron chi connectivity index (χ3n) is 4.14. The fourth-order valence-electron chi connectivity index (χ4n) is 2.76. The summed E-state index contributed by atoms with van der Waals surface area (Å²) in [7, 11) is 0. The van der Waals surface area contributed by atoms with Gasteiger partial charge < -0.3 is 14.7 Å². The predicted octanol–water partition coefficient (Wildman–Crippen LogP) is 1.77. The first kappa shape index (κ1) is 16.5. The van der Waals surface area contributed by atoms with Gasteiger partial charge in [-0.15, -0.1) is 10.2 Å². The number of hydrogen-bond donors (Lipinski definition) is 0. The van der Waals surface area contributed by atoms with E-state index in [4.69, 9.17) is 0 Å². The van der Waals surface area contributed by atoms with Crippen LogP contribution in [0.25, 0.3) is 0 Å². The van der Waals surface area contributed by atoms with Crippen LogP contribution in [0.3, 0.4) is 0 Å². The van der Waals surface area contributed by atoms with Crippen molar-refractivity contribution >= 4 is 17.5 Å². The first-order valence-corrected chi connectivity index (χ1v) is 8.31. The maximum absolute atomic E-state index is 11.9. The number of piperazine rings is 1. The van der Waals surface area contributed by atoms with E-state index < -0.39 is 0 Å². The zero-order valence-corrected chi connectivity index (χ0v) is 14.0. The van der Waals surface area contributed by atoms with Crippen molar-refractivity contribution in [1.29, 1.82) is 0 Å². The second-order valence-corrected chi connectivity index (χ2v) is 5.54. The molecule has 0 unspecified atom stereocenters. The van der Waals surface area contributed by atoms with E-state index in [0.717, 1.165) is 57.3 Å². The molecule has 0 N–H and O–H groups in total. The molecule has 2 heterocycles. The normalized spacial score (nSPS) is 15.0. The summed E-state index contributed by atoms with van der Waals surface area (Å²) in [5.74, 6) is 2.09. The molecule has 1 aromatic rings. The molecule has 1 saturated heterocycles. The van der Waals surface area contributed by atoms with Crippen molar-refractivity contribution in [3.63, 3.8) is 0 Å². The molecule has 1 aliphatic rings. The smallest absolute Gasteiger partial charge is 0.222 e. The Bertz CT molecular complexity index is 464. The average molecular weight is 305 g/mol. The van der Waals surface area contributed by atoms with Crippen molar-refractivity contribution < 1.29 is 4.79 Å². The largest absolute Gasteiger partial charge is 0.356 e. The molecule has 0 aromatic carbocycles. The summed E-state index contributed by atoms with van der Waals surface area (Å²) >= 11 is 0. The Morgan fingerprint density at radius 1 is 1.09 bits per heavy atom. The van der Waals surface area contributed by atoms with Crippen molar-refractivity contribution in [2.45, 2.75) is 33.6 Å². The first-order chi connectivity index (χ1) is 10.7. The minimum atomic E-state index is 0.269. The lowest BCUT2D eigenvalue weighted by Crippen LogP contribution is -2.49. The molecule has 0 radical (unpaired) electrons. The number of rotatable bonds is 6. The van der Waals surface area contributed by atoms with Crippen LogP contribution in [-0.2, 0) is 4.79 Å². The van der Waals surface area contributed by atoms with Gasteiger partial charge in [-0.3, -0.25) is 4.79 Å². The van der Waals surface area contributed by atoms with Crippen molar-refractivity contribution in [3.05, 3.63) is 12.1 Å². The Kier molecular flexibility index (Phi) is 5.98. The van der Waals surface area contributed by atoms with Gasteiger partial charge in [0.1, 0.15) is 0 Å². The van der Waals surface area contributed by atoms with Gasteiger partial charge in [-0.1, -0.05) is 6.92 Å². The predicted molar refractivity (Wildman–Crippen MR) is 89.3 cm³/mol. The van der Waals surface area contributed by atoms with Gasteiger partial charge in [0.15, 0.2) is 11.6 Å². The molecule has 2 rings (SSSR count). The second-order valence-electron chi connectivity index (χ2n) is 5.54. The molecule has 6 heteroatoms. The number of nitrogens with zero attached hydrogens (tertiary/aromatic N) is 5. The van der Waals surface area contributed by atoms with Crippen LogP contribution in [0.2, 0.25) is 0 Å². The standard InChI is InChI=1S/C16H27N5O/c1-4-7-16(22)21-12-10-20(11-13-21)15-9-8-14(17-18-15)19(5-2)6-3/h8-9H,4-7,10-13H2,1-3H3. The lowest BCUT2D eigenvalue weighted by atomic mass is 10.2. The summed E-state index contributed by atoms with van der Waals surface area (Å²) in [6.07, 6.45) is 1.57. The summed E-state index contributed by atoms with van der Waals surface area (Å²) in [6, 6.07) is 4.06. The van der Waals surface area contributed by atoms with Crippen LogP contribution >= 0.6 is 0 Å². The Morgan fingerprint density at radius 3 is 2.27 bits per heavy atom. The Hall–Kier alpha value is -1.85. The Labute approximate surface area is 133 Å².